The van der Waals surface area contributed by atoms with Gasteiger partial charge in [-0.05, 0) is 17.7 Å². The summed E-state index contributed by atoms with van der Waals surface area (Å²) in [6, 6.07) is 8.90. The Morgan fingerprint density at radius 3 is 2.32 bits per heavy atom. The number of benzene rings is 1. The molecule has 2 aliphatic rings. The number of piperidine rings is 1. The van der Waals surface area contributed by atoms with Crippen molar-refractivity contribution in [1.29, 1.82) is 0 Å². The summed E-state index contributed by atoms with van der Waals surface area (Å²) in [7, 11) is 2.27. The van der Waals surface area contributed by atoms with Crippen molar-refractivity contribution in [2.75, 3.05) is 7.05 Å². The molecule has 0 aliphatic carbocycles. The predicted molar refractivity (Wildman–Crippen MR) is 86.0 cm³/mol. The van der Waals surface area contributed by atoms with E-state index in [1.165, 1.54) is 12.8 Å². The molecule has 2 heterocycles. The van der Waals surface area contributed by atoms with Crippen LogP contribution in [0.5, 0.6) is 0 Å². The van der Waals surface area contributed by atoms with Gasteiger partial charge in [0, 0.05) is 30.2 Å². The number of halogens is 2. The van der Waals surface area contributed by atoms with Crippen LogP contribution in [-0.4, -0.2) is 31.2 Å². The van der Waals surface area contributed by atoms with E-state index in [2.05, 4.69) is 29.6 Å². The lowest BCUT2D eigenvalue weighted by molar-refractivity contribution is -0.923. The summed E-state index contributed by atoms with van der Waals surface area (Å²) in [5, 5.41) is 0. The number of carbonyl (C=O) groups excluding carboxylic acids is 1. The van der Waals surface area contributed by atoms with Crippen molar-refractivity contribution in [1.82, 2.24) is 0 Å². The zero-order chi connectivity index (χ0) is 15.0. The summed E-state index contributed by atoms with van der Waals surface area (Å²) < 4.78 is 6.69. The van der Waals surface area contributed by atoms with Gasteiger partial charge in [-0.1, -0.05) is 34.6 Å². The normalized spacial score (nSPS) is 29.5. The van der Waals surface area contributed by atoms with Crippen molar-refractivity contribution in [2.24, 2.45) is 0 Å². The molecule has 2 aliphatic heterocycles. The predicted octanol–water partition coefficient (Wildman–Crippen LogP) is -0.782. The van der Waals surface area contributed by atoms with Gasteiger partial charge in [0.05, 0.1) is 24.7 Å². The number of fused-ring (bicyclic) bond motifs is 2. The Labute approximate surface area is 146 Å². The maximum Gasteiger partial charge on any atom is 0.338 e. The van der Waals surface area contributed by atoms with Crippen LogP contribution in [0.1, 0.15) is 31.2 Å². The minimum atomic E-state index is -0.277. The minimum absolute atomic E-state index is 0. The van der Waals surface area contributed by atoms with Crippen molar-refractivity contribution in [3.05, 3.63) is 40.9 Å². The van der Waals surface area contributed by atoms with Crippen LogP contribution in [0.4, 0.5) is 0 Å². The van der Waals surface area contributed by atoms with Crippen LogP contribution in [0, 0.1) is 0 Å². The van der Waals surface area contributed by atoms with Gasteiger partial charge in [0.1, 0.15) is 6.10 Å². The van der Waals surface area contributed by atoms with E-state index in [9.17, 15) is 4.79 Å². The third-order valence-corrected chi connectivity index (χ3v) is 5.49. The molecule has 2 bridgehead atoms. The van der Waals surface area contributed by atoms with Crippen LogP contribution >= 0.6 is 15.9 Å². The van der Waals surface area contributed by atoms with Crippen molar-refractivity contribution >= 4 is 27.5 Å². The molecule has 0 saturated carbocycles. The van der Waals surface area contributed by atoms with Crippen LogP contribution in [-0.2, 0) is 9.53 Å². The molecule has 3 rings (SSSR count). The molecular formula is C17H21BrClNO2. The number of quaternary nitrogens is 1. The summed E-state index contributed by atoms with van der Waals surface area (Å²) in [4.78, 5) is 13.9. The van der Waals surface area contributed by atoms with Crippen LogP contribution in [0.3, 0.4) is 0 Å². The quantitative estimate of drug-likeness (QED) is 0.546. The van der Waals surface area contributed by atoms with Crippen LogP contribution in [0.15, 0.2) is 35.3 Å². The highest BCUT2D eigenvalue weighted by Gasteiger charge is 2.43. The molecule has 120 valence electrons. The maximum atomic E-state index is 12.3. The average Bonchev–Trinajstić information content (AvgIpc) is 2.69. The molecule has 0 radical (unpaired) electrons. The fraction of sp³-hybridized carbons (Fsp3) is 0.471. The summed E-state index contributed by atoms with van der Waals surface area (Å²) in [6.07, 6.45) is 4.56. The summed E-state index contributed by atoms with van der Waals surface area (Å²) >= 11 is 3.39. The van der Waals surface area contributed by atoms with Gasteiger partial charge < -0.3 is 22.0 Å². The van der Waals surface area contributed by atoms with Crippen LogP contribution in [0.25, 0.3) is 5.57 Å². The van der Waals surface area contributed by atoms with E-state index in [0.717, 1.165) is 22.9 Å². The molecule has 0 spiro atoms. The van der Waals surface area contributed by atoms with Crippen molar-refractivity contribution < 1.29 is 26.8 Å². The number of nitrogens with one attached hydrogen (secondary N) is 1. The molecular weight excluding hydrogens is 366 g/mol. The molecule has 1 aromatic carbocycles. The number of esters is 1. The lowest BCUT2D eigenvalue weighted by Crippen LogP contribution is -3.15. The SMILES string of the molecule is C=C(C(=O)OC1CC2CCC(C1)[NH+]2C)c1ccc(Br)cc1.[Cl-]. The highest BCUT2D eigenvalue weighted by Crippen LogP contribution is 2.26. The molecule has 1 N–H and O–H groups in total. The van der Waals surface area contributed by atoms with Gasteiger partial charge in [0.25, 0.3) is 0 Å². The van der Waals surface area contributed by atoms with E-state index < -0.39 is 0 Å². The zero-order valence-electron chi connectivity index (χ0n) is 12.6. The number of rotatable bonds is 3. The molecule has 22 heavy (non-hydrogen) atoms. The van der Waals surface area contributed by atoms with Crippen LogP contribution < -0.4 is 17.3 Å². The van der Waals surface area contributed by atoms with Gasteiger partial charge in [0.2, 0.25) is 0 Å². The topological polar surface area (TPSA) is 30.7 Å². The first-order chi connectivity index (χ1) is 10.0. The molecule has 2 fully saturated rings. The number of hydrogen-bond acceptors (Lipinski definition) is 2. The van der Waals surface area contributed by atoms with Gasteiger partial charge in [-0.2, -0.15) is 0 Å². The molecule has 5 heteroatoms. The average molecular weight is 387 g/mol. The van der Waals surface area contributed by atoms with E-state index in [1.807, 2.05) is 24.3 Å². The minimum Gasteiger partial charge on any atom is -1.00 e. The van der Waals surface area contributed by atoms with Crippen molar-refractivity contribution in [2.45, 2.75) is 43.9 Å². The first-order valence-corrected chi connectivity index (χ1v) is 8.33. The Balaban J connectivity index is 0.00000176. The highest BCUT2D eigenvalue weighted by atomic mass is 79.9. The number of carbonyl (C=O) groups is 1. The van der Waals surface area contributed by atoms with Gasteiger partial charge >= 0.3 is 5.97 Å². The number of ether oxygens (including phenoxy) is 1. The van der Waals surface area contributed by atoms with E-state index in [-0.39, 0.29) is 24.5 Å². The zero-order valence-corrected chi connectivity index (χ0v) is 15.0. The van der Waals surface area contributed by atoms with Crippen molar-refractivity contribution in [3.8, 4) is 0 Å². The fourth-order valence-corrected chi connectivity index (χ4v) is 3.88. The second kappa shape index (κ2) is 7.16. The summed E-state index contributed by atoms with van der Waals surface area (Å²) in [5.74, 6) is -0.277. The third-order valence-electron chi connectivity index (χ3n) is 4.96. The Kier molecular flexibility index (Phi) is 5.70. The largest absolute Gasteiger partial charge is 1.00 e. The van der Waals surface area contributed by atoms with E-state index in [1.54, 1.807) is 4.90 Å². The molecule has 2 saturated heterocycles. The van der Waals surface area contributed by atoms with Crippen molar-refractivity contribution in [3.63, 3.8) is 0 Å². The molecule has 2 unspecified atom stereocenters. The van der Waals surface area contributed by atoms with Gasteiger partial charge in [0.15, 0.2) is 0 Å². The third kappa shape index (κ3) is 3.55. The maximum absolute atomic E-state index is 12.3. The Morgan fingerprint density at radius 1 is 1.23 bits per heavy atom. The summed E-state index contributed by atoms with van der Waals surface area (Å²) in [6.45, 7) is 3.89. The monoisotopic (exact) mass is 385 g/mol. The van der Waals surface area contributed by atoms with Gasteiger partial charge in [-0.3, -0.25) is 0 Å². The fourth-order valence-electron chi connectivity index (χ4n) is 3.62. The number of hydrogen-bond donors (Lipinski definition) is 1. The van der Waals surface area contributed by atoms with E-state index >= 15 is 0 Å². The Bertz CT molecular complexity index is 546. The Morgan fingerprint density at radius 2 is 1.77 bits per heavy atom. The first kappa shape index (κ1) is 17.5. The molecule has 2 atom stereocenters. The van der Waals surface area contributed by atoms with E-state index in [0.29, 0.717) is 17.7 Å². The summed E-state index contributed by atoms with van der Waals surface area (Å²) in [5.41, 5.74) is 1.27. The Hall–Kier alpha value is -0.840. The first-order valence-electron chi connectivity index (χ1n) is 7.53. The lowest BCUT2D eigenvalue weighted by Gasteiger charge is -2.33. The molecule has 0 amide bonds. The van der Waals surface area contributed by atoms with Gasteiger partial charge in [-0.15, -0.1) is 0 Å². The molecule has 1 aromatic rings. The second-order valence-electron chi connectivity index (χ2n) is 6.20. The van der Waals surface area contributed by atoms with E-state index in [4.69, 9.17) is 4.74 Å². The smallest absolute Gasteiger partial charge is 0.338 e. The van der Waals surface area contributed by atoms with Crippen LogP contribution in [0.2, 0.25) is 0 Å². The molecule has 0 aromatic heterocycles. The lowest BCUT2D eigenvalue weighted by atomic mass is 10.0. The second-order valence-corrected chi connectivity index (χ2v) is 7.12. The molecule has 3 nitrogen and oxygen atoms in total. The van der Waals surface area contributed by atoms with Gasteiger partial charge in [-0.25, -0.2) is 4.79 Å². The highest BCUT2D eigenvalue weighted by molar-refractivity contribution is 9.10. The standard InChI is InChI=1S/C17H20BrNO2.ClH/c1-11(12-3-5-13(18)6-4-12)17(20)21-16-9-14-7-8-15(10-16)19(14)2;/h3-6,14-16H,1,7-10H2,2H3;1H.